The molecule has 0 spiro atoms. The summed E-state index contributed by atoms with van der Waals surface area (Å²) in [6.45, 7) is 1.17. The van der Waals surface area contributed by atoms with Crippen LogP contribution in [0.3, 0.4) is 0 Å². The first kappa shape index (κ1) is 12.3. The second kappa shape index (κ2) is 5.48. The molecule has 2 aliphatic carbocycles. The summed E-state index contributed by atoms with van der Waals surface area (Å²) in [5, 5.41) is 22.8. The molecule has 0 radical (unpaired) electrons. The molecule has 16 heavy (non-hydrogen) atoms. The molecule has 3 N–H and O–H groups in total. The van der Waals surface area contributed by atoms with Gasteiger partial charge in [0.15, 0.2) is 0 Å². The maximum Gasteiger partial charge on any atom is 0.0693 e. The topological polar surface area (TPSA) is 52.5 Å². The Hall–Kier alpha value is -0.120. The van der Waals surface area contributed by atoms with Crippen molar-refractivity contribution >= 4 is 0 Å². The maximum absolute atomic E-state index is 9.75. The van der Waals surface area contributed by atoms with E-state index in [0.717, 1.165) is 38.6 Å². The lowest BCUT2D eigenvalue weighted by molar-refractivity contribution is 0.0688. The SMILES string of the molecule is OCC1(CN[C@@H]2CCC[C@H]2O)CCCCC1. The highest BCUT2D eigenvalue weighted by atomic mass is 16.3. The molecule has 0 amide bonds. The van der Waals surface area contributed by atoms with Crippen molar-refractivity contribution in [2.45, 2.75) is 63.5 Å². The van der Waals surface area contributed by atoms with Crippen molar-refractivity contribution in [3.63, 3.8) is 0 Å². The number of hydrogen-bond donors (Lipinski definition) is 3. The number of rotatable bonds is 4. The molecule has 0 aromatic carbocycles. The van der Waals surface area contributed by atoms with Gasteiger partial charge in [-0.2, -0.15) is 0 Å². The van der Waals surface area contributed by atoms with Crippen molar-refractivity contribution in [2.75, 3.05) is 13.2 Å². The standard InChI is InChI=1S/C13H25NO2/c15-10-13(7-2-1-3-8-13)9-14-11-5-4-6-12(11)16/h11-12,14-16H,1-10H2/t11-,12-/m1/s1. The lowest BCUT2D eigenvalue weighted by atomic mass is 9.74. The molecular weight excluding hydrogens is 202 g/mol. The van der Waals surface area contributed by atoms with Gasteiger partial charge >= 0.3 is 0 Å². The number of hydrogen-bond acceptors (Lipinski definition) is 3. The van der Waals surface area contributed by atoms with Crippen molar-refractivity contribution in [3.8, 4) is 0 Å². The predicted molar refractivity (Wildman–Crippen MR) is 64.3 cm³/mol. The fourth-order valence-corrected chi connectivity index (χ4v) is 3.22. The first-order chi connectivity index (χ1) is 7.76. The van der Waals surface area contributed by atoms with Crippen LogP contribution < -0.4 is 5.32 Å². The molecule has 2 atom stereocenters. The molecule has 2 saturated carbocycles. The zero-order valence-electron chi connectivity index (χ0n) is 10.1. The van der Waals surface area contributed by atoms with E-state index in [1.807, 2.05) is 0 Å². The molecule has 0 bridgehead atoms. The number of aliphatic hydroxyl groups excluding tert-OH is 2. The monoisotopic (exact) mass is 227 g/mol. The Morgan fingerprint density at radius 2 is 1.81 bits per heavy atom. The second-order valence-corrected chi connectivity index (χ2v) is 5.70. The van der Waals surface area contributed by atoms with Gasteiger partial charge in [0, 0.05) is 24.6 Å². The molecule has 0 saturated heterocycles. The third-order valence-electron chi connectivity index (χ3n) is 4.47. The highest BCUT2D eigenvalue weighted by molar-refractivity contribution is 4.89. The predicted octanol–water partition coefficient (Wildman–Crippen LogP) is 1.43. The first-order valence-electron chi connectivity index (χ1n) is 6.78. The van der Waals surface area contributed by atoms with E-state index in [2.05, 4.69) is 5.32 Å². The zero-order chi connectivity index (χ0) is 11.4. The minimum atomic E-state index is -0.167. The summed E-state index contributed by atoms with van der Waals surface area (Å²) >= 11 is 0. The molecule has 0 heterocycles. The van der Waals surface area contributed by atoms with E-state index in [1.54, 1.807) is 0 Å². The third-order valence-corrected chi connectivity index (χ3v) is 4.47. The molecule has 3 nitrogen and oxygen atoms in total. The highest BCUT2D eigenvalue weighted by Gasteiger charge is 2.33. The molecule has 0 unspecified atom stereocenters. The Morgan fingerprint density at radius 1 is 1.06 bits per heavy atom. The molecule has 0 aromatic rings. The Bertz CT molecular complexity index is 214. The smallest absolute Gasteiger partial charge is 0.0693 e. The van der Waals surface area contributed by atoms with Crippen LogP contribution >= 0.6 is 0 Å². The van der Waals surface area contributed by atoms with E-state index < -0.39 is 0 Å². The van der Waals surface area contributed by atoms with Gasteiger partial charge in [0.2, 0.25) is 0 Å². The maximum atomic E-state index is 9.75. The summed E-state index contributed by atoms with van der Waals surface area (Å²) in [7, 11) is 0. The van der Waals surface area contributed by atoms with E-state index in [9.17, 15) is 10.2 Å². The average molecular weight is 227 g/mol. The van der Waals surface area contributed by atoms with Gasteiger partial charge < -0.3 is 15.5 Å². The lowest BCUT2D eigenvalue weighted by Gasteiger charge is -2.37. The Kier molecular flexibility index (Phi) is 4.22. The minimum Gasteiger partial charge on any atom is -0.396 e. The van der Waals surface area contributed by atoms with Gasteiger partial charge in [-0.3, -0.25) is 0 Å². The zero-order valence-corrected chi connectivity index (χ0v) is 10.1. The molecule has 0 aliphatic heterocycles. The normalized spacial score (nSPS) is 34.1. The van der Waals surface area contributed by atoms with Gasteiger partial charge in [0.25, 0.3) is 0 Å². The van der Waals surface area contributed by atoms with Crippen LogP contribution in [0.5, 0.6) is 0 Å². The summed E-state index contributed by atoms with van der Waals surface area (Å²) in [5.74, 6) is 0. The van der Waals surface area contributed by atoms with Crippen molar-refractivity contribution < 1.29 is 10.2 Å². The molecule has 3 heteroatoms. The summed E-state index contributed by atoms with van der Waals surface area (Å²) in [4.78, 5) is 0. The van der Waals surface area contributed by atoms with Crippen LogP contribution in [0.2, 0.25) is 0 Å². The summed E-state index contributed by atoms with van der Waals surface area (Å²) < 4.78 is 0. The quantitative estimate of drug-likeness (QED) is 0.681. The summed E-state index contributed by atoms with van der Waals surface area (Å²) in [6, 6.07) is 0.269. The van der Waals surface area contributed by atoms with E-state index in [0.29, 0.717) is 6.61 Å². The first-order valence-corrected chi connectivity index (χ1v) is 6.78. The molecule has 2 aliphatic rings. The molecule has 2 rings (SSSR count). The van der Waals surface area contributed by atoms with Crippen LogP contribution in [-0.2, 0) is 0 Å². The minimum absolute atomic E-state index is 0.0978. The van der Waals surface area contributed by atoms with Gasteiger partial charge in [0.05, 0.1) is 6.10 Å². The number of aliphatic hydroxyl groups is 2. The van der Waals surface area contributed by atoms with Gasteiger partial charge in [-0.1, -0.05) is 19.3 Å². The van der Waals surface area contributed by atoms with Crippen LogP contribution in [0, 0.1) is 5.41 Å². The van der Waals surface area contributed by atoms with Crippen LogP contribution in [0.1, 0.15) is 51.4 Å². The molecule has 94 valence electrons. The van der Waals surface area contributed by atoms with Crippen LogP contribution in [0.25, 0.3) is 0 Å². The fourth-order valence-electron chi connectivity index (χ4n) is 3.22. The van der Waals surface area contributed by atoms with Crippen LogP contribution in [0.4, 0.5) is 0 Å². The van der Waals surface area contributed by atoms with E-state index in [-0.39, 0.29) is 17.6 Å². The number of nitrogens with one attached hydrogen (secondary N) is 1. The molecule has 0 aromatic heterocycles. The van der Waals surface area contributed by atoms with Crippen molar-refractivity contribution in [1.29, 1.82) is 0 Å². The summed E-state index contributed by atoms with van der Waals surface area (Å²) in [6.07, 6.45) is 9.06. The Labute approximate surface area is 98.2 Å². The van der Waals surface area contributed by atoms with Gasteiger partial charge in [-0.05, 0) is 32.1 Å². The fraction of sp³-hybridized carbons (Fsp3) is 1.00. The lowest BCUT2D eigenvalue weighted by Crippen LogP contribution is -2.45. The van der Waals surface area contributed by atoms with Crippen LogP contribution in [-0.4, -0.2) is 35.5 Å². The Morgan fingerprint density at radius 3 is 2.38 bits per heavy atom. The highest BCUT2D eigenvalue weighted by Crippen LogP contribution is 2.35. The second-order valence-electron chi connectivity index (χ2n) is 5.70. The average Bonchev–Trinajstić information content (AvgIpc) is 2.74. The van der Waals surface area contributed by atoms with Crippen molar-refractivity contribution in [2.24, 2.45) is 5.41 Å². The van der Waals surface area contributed by atoms with E-state index in [1.165, 1.54) is 19.3 Å². The van der Waals surface area contributed by atoms with Crippen molar-refractivity contribution in [1.82, 2.24) is 5.32 Å². The van der Waals surface area contributed by atoms with E-state index >= 15 is 0 Å². The molecular formula is C13H25NO2. The van der Waals surface area contributed by atoms with Gasteiger partial charge in [0.1, 0.15) is 0 Å². The van der Waals surface area contributed by atoms with Crippen LogP contribution in [0.15, 0.2) is 0 Å². The van der Waals surface area contributed by atoms with Crippen molar-refractivity contribution in [3.05, 3.63) is 0 Å². The third kappa shape index (κ3) is 2.76. The van der Waals surface area contributed by atoms with Gasteiger partial charge in [-0.25, -0.2) is 0 Å². The Balaban J connectivity index is 1.82. The summed E-state index contributed by atoms with van der Waals surface area (Å²) in [5.41, 5.74) is 0.0978. The van der Waals surface area contributed by atoms with E-state index in [4.69, 9.17) is 0 Å². The largest absolute Gasteiger partial charge is 0.396 e. The van der Waals surface area contributed by atoms with Gasteiger partial charge in [-0.15, -0.1) is 0 Å². The molecule has 2 fully saturated rings.